The molecule has 1 aromatic heterocycles. The molecule has 3 aromatic rings. The Kier molecular flexibility index (Phi) is 4.52. The summed E-state index contributed by atoms with van der Waals surface area (Å²) in [4.78, 5) is 22.0. The number of carbonyl (C=O) groups is 1. The summed E-state index contributed by atoms with van der Waals surface area (Å²) in [6, 6.07) is 12.7. The van der Waals surface area contributed by atoms with Crippen LogP contribution in [-0.4, -0.2) is 46.6 Å². The second kappa shape index (κ2) is 6.76. The van der Waals surface area contributed by atoms with Crippen LogP contribution >= 0.6 is 0 Å². The van der Waals surface area contributed by atoms with Gasteiger partial charge < -0.3 is 14.7 Å². The minimum atomic E-state index is -0.136. The molecule has 0 unspecified atom stereocenters. The summed E-state index contributed by atoms with van der Waals surface area (Å²) >= 11 is 0. The topological polar surface area (TPSA) is 75.5 Å². The van der Waals surface area contributed by atoms with Gasteiger partial charge in [0.15, 0.2) is 12.4 Å². The molecule has 1 amide bonds. The molecule has 0 saturated heterocycles. The van der Waals surface area contributed by atoms with Crippen molar-refractivity contribution in [2.45, 2.75) is 6.92 Å². The number of nitrogens with zero attached hydrogens (tertiary/aromatic N) is 3. The number of hydrogen-bond acceptors (Lipinski definition) is 5. The van der Waals surface area contributed by atoms with Crippen LogP contribution in [0.15, 0.2) is 42.5 Å². The third-order valence-corrected chi connectivity index (χ3v) is 3.76. The van der Waals surface area contributed by atoms with E-state index in [4.69, 9.17) is 4.74 Å². The molecule has 1 N–H and O–H groups in total. The first kappa shape index (κ1) is 16.7. The minimum Gasteiger partial charge on any atom is -0.508 e. The highest BCUT2D eigenvalue weighted by Crippen LogP contribution is 2.26. The lowest BCUT2D eigenvalue weighted by Gasteiger charge is -2.12. The Morgan fingerprint density at radius 2 is 1.80 bits per heavy atom. The second-order valence-corrected chi connectivity index (χ2v) is 5.99. The summed E-state index contributed by atoms with van der Waals surface area (Å²) < 4.78 is 5.50. The van der Waals surface area contributed by atoms with E-state index in [0.29, 0.717) is 11.7 Å². The van der Waals surface area contributed by atoms with Crippen LogP contribution in [0.2, 0.25) is 0 Å². The fourth-order valence-corrected chi connectivity index (χ4v) is 2.38. The van der Waals surface area contributed by atoms with E-state index in [-0.39, 0.29) is 18.3 Å². The fourth-order valence-electron chi connectivity index (χ4n) is 2.38. The molecule has 0 aliphatic heterocycles. The number of fused-ring (bicyclic) bond motifs is 1. The van der Waals surface area contributed by atoms with Gasteiger partial charge >= 0.3 is 0 Å². The van der Waals surface area contributed by atoms with E-state index in [9.17, 15) is 9.90 Å². The van der Waals surface area contributed by atoms with Gasteiger partial charge in [-0.1, -0.05) is 18.2 Å². The van der Waals surface area contributed by atoms with Crippen molar-refractivity contribution in [1.29, 1.82) is 0 Å². The fraction of sp³-hybridized carbons (Fsp3) is 0.211. The van der Waals surface area contributed by atoms with Crippen molar-refractivity contribution < 1.29 is 14.6 Å². The number of rotatable bonds is 4. The second-order valence-electron chi connectivity index (χ2n) is 5.99. The molecule has 25 heavy (non-hydrogen) atoms. The molecule has 0 aliphatic rings. The highest BCUT2D eigenvalue weighted by molar-refractivity contribution is 5.87. The number of carbonyl (C=O) groups excluding carboxylic acids is 1. The quantitative estimate of drug-likeness (QED) is 0.792. The molecule has 128 valence electrons. The number of ether oxygens (including phenoxy) is 1. The first-order chi connectivity index (χ1) is 11.9. The van der Waals surface area contributed by atoms with Gasteiger partial charge in [0.1, 0.15) is 5.75 Å². The van der Waals surface area contributed by atoms with E-state index in [1.807, 2.05) is 31.2 Å². The van der Waals surface area contributed by atoms with Crippen molar-refractivity contribution >= 4 is 16.7 Å². The van der Waals surface area contributed by atoms with Gasteiger partial charge in [-0.2, -0.15) is 4.98 Å². The van der Waals surface area contributed by atoms with E-state index in [2.05, 4.69) is 9.97 Å². The van der Waals surface area contributed by atoms with E-state index in [1.165, 1.54) is 4.90 Å². The lowest BCUT2D eigenvalue weighted by atomic mass is 10.1. The van der Waals surface area contributed by atoms with Crippen LogP contribution in [0.3, 0.4) is 0 Å². The zero-order chi connectivity index (χ0) is 18.0. The third kappa shape index (κ3) is 3.85. The van der Waals surface area contributed by atoms with E-state index in [1.54, 1.807) is 32.3 Å². The molecule has 0 spiro atoms. The van der Waals surface area contributed by atoms with E-state index >= 15 is 0 Å². The standard InChI is InChI=1S/C19H19N3O3/c1-12-8-17(25-11-18(24)22(2)3)21-19(20-12)15-5-4-14-10-16(23)7-6-13(14)9-15/h4-10,23H,11H2,1-3H3. The van der Waals surface area contributed by atoms with Crippen molar-refractivity contribution in [3.05, 3.63) is 48.2 Å². The van der Waals surface area contributed by atoms with E-state index < -0.39 is 0 Å². The SMILES string of the molecule is Cc1cc(OCC(=O)N(C)C)nc(-c2ccc3cc(O)ccc3c2)n1. The Balaban J connectivity index is 1.91. The van der Waals surface area contributed by atoms with Crippen LogP contribution < -0.4 is 4.74 Å². The number of aromatic hydroxyl groups is 1. The highest BCUT2D eigenvalue weighted by Gasteiger charge is 2.10. The van der Waals surface area contributed by atoms with Gasteiger partial charge in [0.25, 0.3) is 5.91 Å². The molecule has 6 heteroatoms. The Morgan fingerprint density at radius 3 is 2.56 bits per heavy atom. The number of phenols is 1. The maximum atomic E-state index is 11.7. The minimum absolute atomic E-state index is 0.0696. The maximum absolute atomic E-state index is 11.7. The predicted molar refractivity (Wildman–Crippen MR) is 95.6 cm³/mol. The molecule has 2 aromatic carbocycles. The molecule has 0 bridgehead atoms. The molecule has 0 fully saturated rings. The Labute approximate surface area is 145 Å². The average molecular weight is 337 g/mol. The zero-order valence-corrected chi connectivity index (χ0v) is 14.4. The normalized spacial score (nSPS) is 10.7. The first-order valence-corrected chi connectivity index (χ1v) is 7.84. The molecular weight excluding hydrogens is 318 g/mol. The van der Waals surface area contributed by atoms with Crippen LogP contribution in [0.5, 0.6) is 11.6 Å². The third-order valence-electron chi connectivity index (χ3n) is 3.76. The summed E-state index contributed by atoms with van der Waals surface area (Å²) in [6.07, 6.45) is 0. The number of hydrogen-bond donors (Lipinski definition) is 1. The van der Waals surface area contributed by atoms with Gasteiger partial charge in [-0.25, -0.2) is 4.98 Å². The smallest absolute Gasteiger partial charge is 0.260 e. The number of aromatic nitrogens is 2. The Hall–Kier alpha value is -3.15. The molecule has 3 rings (SSSR count). The predicted octanol–water partition coefficient (Wildman–Crippen LogP) is 2.78. The van der Waals surface area contributed by atoms with Gasteiger partial charge in [0, 0.05) is 31.4 Å². The zero-order valence-electron chi connectivity index (χ0n) is 14.4. The van der Waals surface area contributed by atoms with Crippen LogP contribution in [0, 0.1) is 6.92 Å². The molecule has 0 aliphatic carbocycles. The van der Waals surface area contributed by atoms with Crippen LogP contribution in [0.25, 0.3) is 22.2 Å². The van der Waals surface area contributed by atoms with Crippen molar-refractivity contribution in [2.75, 3.05) is 20.7 Å². The number of likely N-dealkylation sites (N-methyl/N-ethyl adjacent to an activating group) is 1. The van der Waals surface area contributed by atoms with Gasteiger partial charge in [0.05, 0.1) is 0 Å². The number of amides is 1. The molecule has 0 radical (unpaired) electrons. The summed E-state index contributed by atoms with van der Waals surface area (Å²) in [5, 5.41) is 11.5. The number of benzene rings is 2. The average Bonchev–Trinajstić information content (AvgIpc) is 2.58. The highest BCUT2D eigenvalue weighted by atomic mass is 16.5. The van der Waals surface area contributed by atoms with Crippen molar-refractivity contribution in [3.8, 4) is 23.0 Å². The summed E-state index contributed by atoms with van der Waals surface area (Å²) in [5.41, 5.74) is 1.59. The summed E-state index contributed by atoms with van der Waals surface area (Å²) in [5.74, 6) is 0.988. The lowest BCUT2D eigenvalue weighted by molar-refractivity contribution is -0.130. The lowest BCUT2D eigenvalue weighted by Crippen LogP contribution is -2.27. The van der Waals surface area contributed by atoms with Gasteiger partial charge in [-0.15, -0.1) is 0 Å². The Bertz CT molecular complexity index is 938. The first-order valence-electron chi connectivity index (χ1n) is 7.84. The molecule has 0 saturated carbocycles. The number of aryl methyl sites for hydroxylation is 1. The van der Waals surface area contributed by atoms with Gasteiger partial charge in [0.2, 0.25) is 5.88 Å². The largest absolute Gasteiger partial charge is 0.508 e. The van der Waals surface area contributed by atoms with E-state index in [0.717, 1.165) is 22.0 Å². The molecule has 6 nitrogen and oxygen atoms in total. The van der Waals surface area contributed by atoms with Crippen LogP contribution in [-0.2, 0) is 4.79 Å². The maximum Gasteiger partial charge on any atom is 0.260 e. The van der Waals surface area contributed by atoms with Crippen LogP contribution in [0.1, 0.15) is 5.69 Å². The van der Waals surface area contributed by atoms with Gasteiger partial charge in [-0.3, -0.25) is 4.79 Å². The summed E-state index contributed by atoms with van der Waals surface area (Å²) in [6.45, 7) is 1.78. The molecular formula is C19H19N3O3. The molecule has 1 heterocycles. The van der Waals surface area contributed by atoms with Crippen LogP contribution in [0.4, 0.5) is 0 Å². The Morgan fingerprint density at radius 1 is 1.08 bits per heavy atom. The summed E-state index contributed by atoms with van der Waals surface area (Å²) in [7, 11) is 3.35. The monoisotopic (exact) mass is 337 g/mol. The number of phenolic OH excluding ortho intramolecular Hbond substituents is 1. The van der Waals surface area contributed by atoms with Crippen molar-refractivity contribution in [3.63, 3.8) is 0 Å². The molecule has 0 atom stereocenters. The van der Waals surface area contributed by atoms with Crippen molar-refractivity contribution in [1.82, 2.24) is 14.9 Å². The van der Waals surface area contributed by atoms with Crippen molar-refractivity contribution in [2.24, 2.45) is 0 Å². The van der Waals surface area contributed by atoms with Gasteiger partial charge in [-0.05, 0) is 35.9 Å².